The fraction of sp³-hybridized carbons (Fsp3) is 0.429. The Morgan fingerprint density at radius 1 is 1.29 bits per heavy atom. The first-order chi connectivity index (χ1) is 8.00. The van der Waals surface area contributed by atoms with Crippen molar-refractivity contribution >= 4 is 23.3 Å². The summed E-state index contributed by atoms with van der Waals surface area (Å²) in [5.74, 6) is 0.303. The number of aryl methyl sites for hydroxylation is 2. The van der Waals surface area contributed by atoms with Crippen LogP contribution >= 0.6 is 11.8 Å². The number of ketones is 2. The summed E-state index contributed by atoms with van der Waals surface area (Å²) in [7, 11) is 0. The fourth-order valence-corrected chi connectivity index (χ4v) is 3.50. The van der Waals surface area contributed by atoms with Crippen LogP contribution in [0.2, 0.25) is 0 Å². The van der Waals surface area contributed by atoms with Gasteiger partial charge < -0.3 is 0 Å². The zero-order chi connectivity index (χ0) is 12.6. The summed E-state index contributed by atoms with van der Waals surface area (Å²) in [5, 5.41) is -0.150. The van der Waals surface area contributed by atoms with Gasteiger partial charge in [0, 0.05) is 5.75 Å². The van der Waals surface area contributed by atoms with E-state index in [4.69, 9.17) is 0 Å². The predicted octanol–water partition coefficient (Wildman–Crippen LogP) is 2.87. The first-order valence-corrected chi connectivity index (χ1v) is 6.78. The Morgan fingerprint density at radius 2 is 2.00 bits per heavy atom. The summed E-state index contributed by atoms with van der Waals surface area (Å²) >= 11 is 1.58. The van der Waals surface area contributed by atoms with Crippen LogP contribution in [0.3, 0.4) is 0 Å². The third-order valence-electron chi connectivity index (χ3n) is 3.36. The van der Waals surface area contributed by atoms with Crippen molar-refractivity contribution in [3.63, 3.8) is 0 Å². The molecule has 0 N–H and O–H groups in total. The van der Waals surface area contributed by atoms with E-state index >= 15 is 0 Å². The van der Waals surface area contributed by atoms with Gasteiger partial charge in [-0.3, -0.25) is 9.59 Å². The van der Waals surface area contributed by atoms with Crippen LogP contribution in [0.15, 0.2) is 18.2 Å². The maximum absolute atomic E-state index is 12.1. The highest BCUT2D eigenvalue weighted by molar-refractivity contribution is 8.00. The van der Waals surface area contributed by atoms with Gasteiger partial charge in [0.25, 0.3) is 0 Å². The maximum atomic E-state index is 12.1. The third-order valence-corrected chi connectivity index (χ3v) is 4.72. The Hall–Kier alpha value is -1.09. The van der Waals surface area contributed by atoms with Crippen LogP contribution in [-0.4, -0.2) is 17.3 Å². The molecule has 1 heterocycles. The second-order valence-corrected chi connectivity index (χ2v) is 5.76. The first kappa shape index (κ1) is 12.4. The summed E-state index contributed by atoms with van der Waals surface area (Å²) in [6.45, 7) is 5.61. The summed E-state index contributed by atoms with van der Waals surface area (Å²) in [4.78, 5) is 23.4. The monoisotopic (exact) mass is 248 g/mol. The van der Waals surface area contributed by atoms with E-state index < -0.39 is 5.92 Å². The van der Waals surface area contributed by atoms with Crippen molar-refractivity contribution in [3.05, 3.63) is 34.9 Å². The van der Waals surface area contributed by atoms with E-state index in [0.717, 1.165) is 5.56 Å². The summed E-state index contributed by atoms with van der Waals surface area (Å²) in [6, 6.07) is 6.10. The molecule has 0 amide bonds. The van der Waals surface area contributed by atoms with Gasteiger partial charge in [-0.1, -0.05) is 18.2 Å². The van der Waals surface area contributed by atoms with Crippen molar-refractivity contribution in [2.75, 3.05) is 5.75 Å². The van der Waals surface area contributed by atoms with Crippen LogP contribution in [0.25, 0.3) is 0 Å². The van der Waals surface area contributed by atoms with Crippen molar-refractivity contribution in [2.45, 2.75) is 26.0 Å². The lowest BCUT2D eigenvalue weighted by Gasteiger charge is -2.10. The number of thioether (sulfide) groups is 1. The van der Waals surface area contributed by atoms with Crippen LogP contribution in [0.4, 0.5) is 0 Å². The van der Waals surface area contributed by atoms with E-state index in [1.165, 1.54) is 18.1 Å². The molecule has 0 bridgehead atoms. The van der Waals surface area contributed by atoms with Gasteiger partial charge in [-0.05, 0) is 37.5 Å². The number of carbonyl (C=O) groups excluding carboxylic acids is 2. The van der Waals surface area contributed by atoms with Gasteiger partial charge in [0.1, 0.15) is 5.78 Å². The molecule has 0 saturated carbocycles. The van der Waals surface area contributed by atoms with Crippen molar-refractivity contribution in [3.8, 4) is 0 Å². The summed E-state index contributed by atoms with van der Waals surface area (Å²) < 4.78 is 0. The summed E-state index contributed by atoms with van der Waals surface area (Å²) in [5.41, 5.74) is 3.46. The smallest absolute Gasteiger partial charge is 0.161 e. The third kappa shape index (κ3) is 2.29. The lowest BCUT2D eigenvalue weighted by Crippen LogP contribution is -2.20. The molecule has 90 valence electrons. The number of carbonyl (C=O) groups is 2. The van der Waals surface area contributed by atoms with Crippen molar-refractivity contribution in [1.82, 2.24) is 0 Å². The van der Waals surface area contributed by atoms with Crippen LogP contribution < -0.4 is 0 Å². The van der Waals surface area contributed by atoms with E-state index in [1.807, 2.05) is 19.1 Å². The van der Waals surface area contributed by atoms with E-state index in [1.54, 1.807) is 11.8 Å². The molecule has 3 heteroatoms. The molecule has 1 aliphatic heterocycles. The molecule has 0 radical (unpaired) electrons. The SMILES string of the molecule is CC(=O)C1CSC(c2ccc(C)c(C)c2)C1=O. The molecular formula is C14H16O2S. The van der Waals surface area contributed by atoms with E-state index in [0.29, 0.717) is 5.75 Å². The largest absolute Gasteiger partial charge is 0.299 e. The Balaban J connectivity index is 2.27. The average Bonchev–Trinajstić information content (AvgIpc) is 2.64. The van der Waals surface area contributed by atoms with E-state index in [2.05, 4.69) is 13.0 Å². The predicted molar refractivity (Wildman–Crippen MR) is 70.3 cm³/mol. The van der Waals surface area contributed by atoms with Gasteiger partial charge in [0.15, 0.2) is 5.78 Å². The number of benzene rings is 1. The standard InChI is InChI=1S/C14H16O2S/c1-8-4-5-11(6-9(8)2)14-13(16)12(7-17-14)10(3)15/h4-6,12,14H,7H2,1-3H3. The van der Waals surface area contributed by atoms with Gasteiger partial charge >= 0.3 is 0 Å². The molecule has 1 saturated heterocycles. The average molecular weight is 248 g/mol. The fourth-order valence-electron chi connectivity index (χ4n) is 2.05. The Morgan fingerprint density at radius 3 is 2.53 bits per heavy atom. The highest BCUT2D eigenvalue weighted by Gasteiger charge is 2.38. The molecule has 0 spiro atoms. The van der Waals surface area contributed by atoms with Gasteiger partial charge in [-0.15, -0.1) is 11.8 Å². The Kier molecular flexibility index (Phi) is 3.38. The van der Waals surface area contributed by atoms with E-state index in [-0.39, 0.29) is 16.8 Å². The second kappa shape index (κ2) is 4.65. The number of hydrogen-bond acceptors (Lipinski definition) is 3. The molecule has 2 unspecified atom stereocenters. The minimum Gasteiger partial charge on any atom is -0.299 e. The Bertz CT molecular complexity index is 479. The van der Waals surface area contributed by atoms with Crippen molar-refractivity contribution < 1.29 is 9.59 Å². The summed E-state index contributed by atoms with van der Waals surface area (Å²) in [6.07, 6.45) is 0. The van der Waals surface area contributed by atoms with E-state index in [9.17, 15) is 9.59 Å². The molecule has 0 aromatic heterocycles. The first-order valence-electron chi connectivity index (χ1n) is 5.73. The molecule has 17 heavy (non-hydrogen) atoms. The molecular weight excluding hydrogens is 232 g/mol. The highest BCUT2D eigenvalue weighted by Crippen LogP contribution is 2.40. The van der Waals surface area contributed by atoms with Gasteiger partial charge in [0.05, 0.1) is 11.2 Å². The molecule has 2 nitrogen and oxygen atoms in total. The minimum atomic E-state index is -0.397. The van der Waals surface area contributed by atoms with Crippen LogP contribution in [-0.2, 0) is 9.59 Å². The molecule has 2 atom stereocenters. The second-order valence-electron chi connectivity index (χ2n) is 4.62. The maximum Gasteiger partial charge on any atom is 0.161 e. The zero-order valence-corrected chi connectivity index (χ0v) is 11.1. The topological polar surface area (TPSA) is 34.1 Å². The quantitative estimate of drug-likeness (QED) is 0.755. The molecule has 1 aliphatic rings. The van der Waals surface area contributed by atoms with Crippen LogP contribution in [0.1, 0.15) is 28.9 Å². The molecule has 1 aromatic rings. The minimum absolute atomic E-state index is 0.00571. The number of hydrogen-bond donors (Lipinski definition) is 0. The lowest BCUT2D eigenvalue weighted by atomic mass is 9.95. The zero-order valence-electron chi connectivity index (χ0n) is 10.3. The highest BCUT2D eigenvalue weighted by atomic mass is 32.2. The van der Waals surface area contributed by atoms with Gasteiger partial charge in [0.2, 0.25) is 0 Å². The lowest BCUT2D eigenvalue weighted by molar-refractivity contribution is -0.129. The number of rotatable bonds is 2. The van der Waals surface area contributed by atoms with Crippen LogP contribution in [0, 0.1) is 19.8 Å². The number of Topliss-reactive ketones (excluding diaryl/α,β-unsaturated/α-hetero) is 2. The van der Waals surface area contributed by atoms with Crippen LogP contribution in [0.5, 0.6) is 0 Å². The van der Waals surface area contributed by atoms with Crippen molar-refractivity contribution in [1.29, 1.82) is 0 Å². The Labute approximate surface area is 106 Å². The van der Waals surface area contributed by atoms with Gasteiger partial charge in [-0.2, -0.15) is 0 Å². The normalized spacial score (nSPS) is 24.1. The molecule has 1 aromatic carbocycles. The molecule has 0 aliphatic carbocycles. The molecule has 2 rings (SSSR count). The molecule has 1 fully saturated rings. The van der Waals surface area contributed by atoms with Gasteiger partial charge in [-0.25, -0.2) is 0 Å². The van der Waals surface area contributed by atoms with Crippen molar-refractivity contribution in [2.24, 2.45) is 5.92 Å².